The smallest absolute Gasteiger partial charge is 0.337 e. The molecule has 2 aromatic carbocycles. The number of rotatable bonds is 6. The Morgan fingerprint density at radius 1 is 1.19 bits per heavy atom. The quantitative estimate of drug-likeness (QED) is 0.659. The Labute approximate surface area is 159 Å². The van der Waals surface area contributed by atoms with Crippen molar-refractivity contribution in [1.29, 1.82) is 0 Å². The standard InChI is InChI=1S/C19H19BrFNO4/c1-12(13-4-7-15(21)8-5-13)22(2)18(23)11-26-17-9-6-14(10-16(17)20)19(24)25-3/h4-10,12H,11H2,1-3H3. The van der Waals surface area contributed by atoms with E-state index in [9.17, 15) is 14.0 Å². The molecule has 2 rings (SSSR count). The number of likely N-dealkylation sites (N-methyl/N-ethyl adjacent to an activating group) is 1. The van der Waals surface area contributed by atoms with Gasteiger partial charge in [0.25, 0.3) is 5.91 Å². The van der Waals surface area contributed by atoms with Crippen LogP contribution in [0.25, 0.3) is 0 Å². The Morgan fingerprint density at radius 2 is 1.85 bits per heavy atom. The first kappa shape index (κ1) is 19.9. The van der Waals surface area contributed by atoms with Crippen LogP contribution < -0.4 is 4.74 Å². The molecule has 1 unspecified atom stereocenters. The molecular formula is C19H19BrFNO4. The van der Waals surface area contributed by atoms with E-state index >= 15 is 0 Å². The van der Waals surface area contributed by atoms with Gasteiger partial charge in [-0.05, 0) is 58.7 Å². The number of carbonyl (C=O) groups excluding carboxylic acids is 2. The largest absolute Gasteiger partial charge is 0.483 e. The zero-order valence-corrected chi connectivity index (χ0v) is 16.2. The topological polar surface area (TPSA) is 55.8 Å². The number of benzene rings is 2. The van der Waals surface area contributed by atoms with E-state index in [0.717, 1.165) is 5.56 Å². The predicted molar refractivity (Wildman–Crippen MR) is 98.6 cm³/mol. The van der Waals surface area contributed by atoms with Crippen molar-refractivity contribution in [1.82, 2.24) is 4.90 Å². The lowest BCUT2D eigenvalue weighted by Gasteiger charge is -2.25. The average molecular weight is 424 g/mol. The van der Waals surface area contributed by atoms with E-state index < -0.39 is 5.97 Å². The van der Waals surface area contributed by atoms with Gasteiger partial charge in [0, 0.05) is 7.05 Å². The van der Waals surface area contributed by atoms with Crippen LogP contribution in [0, 0.1) is 5.82 Å². The monoisotopic (exact) mass is 423 g/mol. The summed E-state index contributed by atoms with van der Waals surface area (Å²) in [5.74, 6) is -0.570. The summed E-state index contributed by atoms with van der Waals surface area (Å²) in [5.41, 5.74) is 1.20. The lowest BCUT2D eigenvalue weighted by atomic mass is 10.1. The highest BCUT2D eigenvalue weighted by Crippen LogP contribution is 2.27. The normalized spacial score (nSPS) is 11.6. The summed E-state index contributed by atoms with van der Waals surface area (Å²) in [6.07, 6.45) is 0. The molecule has 138 valence electrons. The van der Waals surface area contributed by atoms with Crippen LogP contribution in [-0.4, -0.2) is 37.5 Å². The minimum Gasteiger partial charge on any atom is -0.483 e. The van der Waals surface area contributed by atoms with Crippen LogP contribution >= 0.6 is 15.9 Å². The first-order valence-electron chi connectivity index (χ1n) is 7.85. The molecule has 5 nitrogen and oxygen atoms in total. The Kier molecular flexibility index (Phi) is 6.74. The molecule has 0 fully saturated rings. The van der Waals surface area contributed by atoms with Gasteiger partial charge in [-0.1, -0.05) is 12.1 Å². The molecule has 2 aromatic rings. The highest BCUT2D eigenvalue weighted by Gasteiger charge is 2.18. The van der Waals surface area contributed by atoms with E-state index in [-0.39, 0.29) is 24.4 Å². The lowest BCUT2D eigenvalue weighted by molar-refractivity contribution is -0.134. The Hall–Kier alpha value is -2.41. The summed E-state index contributed by atoms with van der Waals surface area (Å²) in [6.45, 7) is 1.68. The molecule has 7 heteroatoms. The van der Waals surface area contributed by atoms with E-state index in [2.05, 4.69) is 20.7 Å². The van der Waals surface area contributed by atoms with E-state index in [1.165, 1.54) is 24.1 Å². The van der Waals surface area contributed by atoms with Crippen LogP contribution in [-0.2, 0) is 9.53 Å². The molecule has 0 heterocycles. The van der Waals surface area contributed by atoms with Gasteiger partial charge >= 0.3 is 5.97 Å². The molecule has 0 aliphatic rings. The highest BCUT2D eigenvalue weighted by atomic mass is 79.9. The van der Waals surface area contributed by atoms with Crippen LogP contribution in [0.2, 0.25) is 0 Å². The molecule has 0 aromatic heterocycles. The number of amides is 1. The number of hydrogen-bond acceptors (Lipinski definition) is 4. The van der Waals surface area contributed by atoms with Crippen molar-refractivity contribution in [3.63, 3.8) is 0 Å². The zero-order valence-electron chi connectivity index (χ0n) is 14.7. The maximum absolute atomic E-state index is 13.0. The van der Waals surface area contributed by atoms with Crippen LogP contribution in [0.1, 0.15) is 28.9 Å². The van der Waals surface area contributed by atoms with E-state index in [4.69, 9.17) is 4.74 Å². The van der Waals surface area contributed by atoms with Gasteiger partial charge in [0.2, 0.25) is 0 Å². The van der Waals surface area contributed by atoms with Gasteiger partial charge in [-0.15, -0.1) is 0 Å². The summed E-state index contributed by atoms with van der Waals surface area (Å²) in [6, 6.07) is 10.5. The minimum atomic E-state index is -0.457. The Morgan fingerprint density at radius 3 is 2.42 bits per heavy atom. The predicted octanol–water partition coefficient (Wildman–Crippen LogP) is 3.97. The molecule has 0 radical (unpaired) electrons. The van der Waals surface area contributed by atoms with Crippen molar-refractivity contribution < 1.29 is 23.5 Å². The third-order valence-electron chi connectivity index (χ3n) is 4.03. The van der Waals surface area contributed by atoms with Crippen molar-refractivity contribution in [2.45, 2.75) is 13.0 Å². The molecule has 0 saturated heterocycles. The van der Waals surface area contributed by atoms with Crippen LogP contribution in [0.15, 0.2) is 46.9 Å². The fourth-order valence-electron chi connectivity index (χ4n) is 2.28. The molecule has 0 aliphatic heterocycles. The summed E-state index contributed by atoms with van der Waals surface area (Å²) in [4.78, 5) is 25.4. The maximum Gasteiger partial charge on any atom is 0.337 e. The number of nitrogens with zero attached hydrogens (tertiary/aromatic N) is 1. The molecule has 26 heavy (non-hydrogen) atoms. The summed E-state index contributed by atoms with van der Waals surface area (Å²) in [5, 5.41) is 0. The third-order valence-corrected chi connectivity index (χ3v) is 4.65. The Bertz CT molecular complexity index is 795. The second kappa shape index (κ2) is 8.80. The Balaban J connectivity index is 1.99. The van der Waals surface area contributed by atoms with Crippen LogP contribution in [0.5, 0.6) is 5.75 Å². The number of methoxy groups -OCH3 is 1. The number of halogens is 2. The zero-order chi connectivity index (χ0) is 19.3. The third kappa shape index (κ3) is 4.82. The van der Waals surface area contributed by atoms with Gasteiger partial charge in [0.05, 0.1) is 23.2 Å². The second-order valence-electron chi connectivity index (χ2n) is 5.66. The van der Waals surface area contributed by atoms with Gasteiger partial charge in [-0.3, -0.25) is 4.79 Å². The summed E-state index contributed by atoms with van der Waals surface area (Å²) in [7, 11) is 2.96. The van der Waals surface area contributed by atoms with Gasteiger partial charge < -0.3 is 14.4 Å². The van der Waals surface area contributed by atoms with E-state index in [1.807, 2.05) is 6.92 Å². The number of carbonyl (C=O) groups is 2. The number of esters is 1. The molecule has 1 amide bonds. The van der Waals surface area contributed by atoms with Crippen molar-refractivity contribution in [2.75, 3.05) is 20.8 Å². The fourth-order valence-corrected chi connectivity index (χ4v) is 2.78. The first-order valence-corrected chi connectivity index (χ1v) is 8.64. The van der Waals surface area contributed by atoms with Crippen LogP contribution in [0.3, 0.4) is 0 Å². The summed E-state index contributed by atoms with van der Waals surface area (Å²) >= 11 is 3.31. The maximum atomic E-state index is 13.0. The van der Waals surface area contributed by atoms with Crippen LogP contribution in [0.4, 0.5) is 4.39 Å². The lowest BCUT2D eigenvalue weighted by Crippen LogP contribution is -2.33. The molecule has 0 spiro atoms. The molecule has 0 N–H and O–H groups in total. The minimum absolute atomic E-state index is 0.168. The highest BCUT2D eigenvalue weighted by molar-refractivity contribution is 9.10. The van der Waals surface area contributed by atoms with Crippen molar-refractivity contribution in [3.8, 4) is 5.75 Å². The van der Waals surface area contributed by atoms with Crippen molar-refractivity contribution in [3.05, 3.63) is 63.9 Å². The molecule has 0 saturated carbocycles. The van der Waals surface area contributed by atoms with E-state index in [1.54, 1.807) is 37.4 Å². The van der Waals surface area contributed by atoms with Crippen molar-refractivity contribution in [2.24, 2.45) is 0 Å². The number of hydrogen-bond donors (Lipinski definition) is 0. The number of ether oxygens (including phenoxy) is 2. The molecule has 0 bridgehead atoms. The fraction of sp³-hybridized carbons (Fsp3) is 0.263. The second-order valence-corrected chi connectivity index (χ2v) is 6.51. The van der Waals surface area contributed by atoms with Crippen molar-refractivity contribution >= 4 is 27.8 Å². The molecular weight excluding hydrogens is 405 g/mol. The average Bonchev–Trinajstić information content (AvgIpc) is 2.65. The molecule has 0 aliphatic carbocycles. The first-order chi connectivity index (χ1) is 12.3. The van der Waals surface area contributed by atoms with E-state index in [0.29, 0.717) is 15.8 Å². The summed E-state index contributed by atoms with van der Waals surface area (Å²) < 4.78 is 23.8. The SMILES string of the molecule is COC(=O)c1ccc(OCC(=O)N(C)C(C)c2ccc(F)cc2)c(Br)c1. The van der Waals surface area contributed by atoms with Gasteiger partial charge in [-0.2, -0.15) is 0 Å². The van der Waals surface area contributed by atoms with Gasteiger partial charge in [-0.25, -0.2) is 9.18 Å². The van der Waals surface area contributed by atoms with Gasteiger partial charge in [0.1, 0.15) is 11.6 Å². The molecule has 1 atom stereocenters. The van der Waals surface area contributed by atoms with Gasteiger partial charge in [0.15, 0.2) is 6.61 Å².